The number of piperidine rings is 1. The maximum atomic E-state index is 12.5. The molecule has 4 rings (SSSR count). The summed E-state index contributed by atoms with van der Waals surface area (Å²) < 4.78 is 1.93. The zero-order chi connectivity index (χ0) is 16.8. The summed E-state index contributed by atoms with van der Waals surface area (Å²) in [7, 11) is 0. The number of fused-ring (bicyclic) bond motifs is 1. The predicted octanol–water partition coefficient (Wildman–Crippen LogP) is 2.06. The minimum atomic E-state index is -0.0364. The Morgan fingerprint density at radius 2 is 1.88 bits per heavy atom. The fourth-order valence-electron chi connectivity index (χ4n) is 3.65. The average Bonchev–Trinajstić information content (AvgIpc) is 3.00. The Morgan fingerprint density at radius 1 is 1.12 bits per heavy atom. The molecule has 1 saturated carbocycles. The van der Waals surface area contributed by atoms with Crippen molar-refractivity contribution in [3.63, 3.8) is 0 Å². The Balaban J connectivity index is 1.39. The van der Waals surface area contributed by atoms with E-state index in [4.69, 9.17) is 0 Å². The van der Waals surface area contributed by atoms with Crippen molar-refractivity contribution in [2.24, 2.45) is 17.8 Å². The molecule has 124 valence electrons. The molecule has 24 heavy (non-hydrogen) atoms. The van der Waals surface area contributed by atoms with Gasteiger partial charge >= 0.3 is 0 Å². The van der Waals surface area contributed by atoms with Crippen LogP contribution in [-0.2, 0) is 0 Å². The smallest absolute Gasteiger partial charge is 0.274 e. The van der Waals surface area contributed by atoms with Gasteiger partial charge in [0.2, 0.25) is 0 Å². The van der Waals surface area contributed by atoms with Gasteiger partial charge in [-0.15, -0.1) is 0 Å². The Labute approximate surface area is 140 Å². The normalized spacial score (nSPS) is 25.0. The molecule has 3 heterocycles. The molecule has 1 amide bonds. The topological polar surface area (TPSA) is 68.1 Å². The highest BCUT2D eigenvalue weighted by Gasteiger charge is 2.60. The number of ketones is 1. The van der Waals surface area contributed by atoms with Crippen LogP contribution in [-0.4, -0.2) is 44.2 Å². The highest BCUT2D eigenvalue weighted by Crippen LogP contribution is 2.53. The molecule has 0 bridgehead atoms. The molecule has 0 N–H and O–H groups in total. The number of aromatic nitrogens is 3. The Kier molecular flexibility index (Phi) is 3.48. The zero-order valence-corrected chi connectivity index (χ0v) is 13.8. The number of likely N-dealkylation sites (tertiary alicyclic amines) is 1. The second-order valence-corrected chi connectivity index (χ2v) is 6.94. The van der Waals surface area contributed by atoms with E-state index in [1.54, 1.807) is 30.9 Å². The molecular formula is C18H20N4O2. The fourth-order valence-corrected chi connectivity index (χ4v) is 3.65. The second-order valence-electron chi connectivity index (χ2n) is 6.94. The largest absolute Gasteiger partial charge is 0.337 e. The summed E-state index contributed by atoms with van der Waals surface area (Å²) in [6, 6.07) is 5.68. The van der Waals surface area contributed by atoms with Gasteiger partial charge in [0.15, 0.2) is 5.78 Å². The third kappa shape index (κ3) is 2.42. The summed E-state index contributed by atoms with van der Waals surface area (Å²) in [5.41, 5.74) is 1.02. The van der Waals surface area contributed by atoms with E-state index in [0.717, 1.165) is 0 Å². The molecular weight excluding hydrogens is 304 g/mol. The van der Waals surface area contributed by atoms with Crippen LogP contribution < -0.4 is 0 Å². The highest BCUT2D eigenvalue weighted by molar-refractivity contribution is 5.99. The first kappa shape index (κ1) is 15.1. The lowest BCUT2D eigenvalue weighted by molar-refractivity contribution is 0.0746. The van der Waals surface area contributed by atoms with Gasteiger partial charge in [0, 0.05) is 37.4 Å². The molecule has 3 atom stereocenters. The molecule has 0 spiro atoms. The summed E-state index contributed by atoms with van der Waals surface area (Å²) in [5.74, 6) is 0.649. The Morgan fingerprint density at radius 3 is 2.46 bits per heavy atom. The number of nitrogens with zero attached hydrogens (tertiary/aromatic N) is 4. The van der Waals surface area contributed by atoms with E-state index < -0.39 is 0 Å². The maximum absolute atomic E-state index is 12.5. The molecule has 1 aliphatic heterocycles. The second kappa shape index (κ2) is 5.54. The quantitative estimate of drug-likeness (QED) is 0.807. The number of amides is 1. The number of carbonyl (C=O) groups is 2. The SMILES string of the molecule is CC(C)n1cnc(C(=O)N2C[C@@H]3C(C(=O)c4ccccn4)[C@@H]3C2)c1. The number of pyridine rings is 1. The zero-order valence-electron chi connectivity index (χ0n) is 13.8. The van der Waals surface area contributed by atoms with Crippen molar-refractivity contribution >= 4 is 11.7 Å². The molecule has 0 aromatic carbocycles. The van der Waals surface area contributed by atoms with E-state index >= 15 is 0 Å². The molecule has 2 aromatic heterocycles. The third-order valence-corrected chi connectivity index (χ3v) is 5.12. The van der Waals surface area contributed by atoms with Crippen LogP contribution in [0.3, 0.4) is 0 Å². The van der Waals surface area contributed by atoms with E-state index in [1.807, 2.05) is 15.5 Å². The van der Waals surface area contributed by atoms with Gasteiger partial charge in [-0.25, -0.2) is 4.98 Å². The molecule has 0 radical (unpaired) electrons. The fraction of sp³-hybridized carbons (Fsp3) is 0.444. The van der Waals surface area contributed by atoms with Crippen LogP contribution >= 0.6 is 0 Å². The number of Topliss-reactive ketones (excluding diaryl/α,β-unsaturated/α-hetero) is 1. The van der Waals surface area contributed by atoms with E-state index in [9.17, 15) is 9.59 Å². The molecule has 1 aliphatic carbocycles. The van der Waals surface area contributed by atoms with Gasteiger partial charge in [0.05, 0.1) is 6.33 Å². The maximum Gasteiger partial charge on any atom is 0.274 e. The first-order chi connectivity index (χ1) is 11.6. The van der Waals surface area contributed by atoms with Crippen molar-refractivity contribution in [3.8, 4) is 0 Å². The van der Waals surface area contributed by atoms with Crippen molar-refractivity contribution in [1.82, 2.24) is 19.4 Å². The lowest BCUT2D eigenvalue weighted by Gasteiger charge is -2.18. The van der Waals surface area contributed by atoms with Gasteiger partial charge in [0.1, 0.15) is 11.4 Å². The number of carbonyl (C=O) groups excluding carboxylic acids is 2. The van der Waals surface area contributed by atoms with Crippen molar-refractivity contribution in [3.05, 3.63) is 48.3 Å². The van der Waals surface area contributed by atoms with Crippen LogP contribution in [0.25, 0.3) is 0 Å². The standard InChI is InChI=1S/C18H20N4O2/c1-11(2)22-9-15(20-10-22)18(24)21-7-12-13(8-21)16(12)17(23)14-5-3-4-6-19-14/h3-6,9-13,16H,7-8H2,1-2H3/t12-,13+,16?. The number of hydrogen-bond donors (Lipinski definition) is 0. The van der Waals surface area contributed by atoms with Gasteiger partial charge in [-0.2, -0.15) is 0 Å². The van der Waals surface area contributed by atoms with Crippen molar-refractivity contribution in [2.45, 2.75) is 19.9 Å². The molecule has 2 aliphatic rings. The Bertz CT molecular complexity index is 771. The van der Waals surface area contributed by atoms with Crippen LogP contribution in [0.2, 0.25) is 0 Å². The van der Waals surface area contributed by atoms with Gasteiger partial charge in [-0.3, -0.25) is 14.6 Å². The molecule has 6 nitrogen and oxygen atoms in total. The van der Waals surface area contributed by atoms with Gasteiger partial charge in [0.25, 0.3) is 5.91 Å². The number of hydrogen-bond acceptors (Lipinski definition) is 4. The van der Waals surface area contributed by atoms with Crippen molar-refractivity contribution in [2.75, 3.05) is 13.1 Å². The lowest BCUT2D eigenvalue weighted by Crippen LogP contribution is -2.32. The number of rotatable bonds is 4. The van der Waals surface area contributed by atoms with Crippen LogP contribution in [0.15, 0.2) is 36.9 Å². The summed E-state index contributed by atoms with van der Waals surface area (Å²) in [4.78, 5) is 35.2. The lowest BCUT2D eigenvalue weighted by atomic mass is 10.1. The average molecular weight is 324 g/mol. The number of imidazole rings is 1. The van der Waals surface area contributed by atoms with Gasteiger partial charge < -0.3 is 9.47 Å². The Hall–Kier alpha value is -2.50. The first-order valence-electron chi connectivity index (χ1n) is 8.34. The van der Waals surface area contributed by atoms with Crippen molar-refractivity contribution in [1.29, 1.82) is 0 Å². The molecule has 1 saturated heterocycles. The monoisotopic (exact) mass is 324 g/mol. The molecule has 2 fully saturated rings. The first-order valence-corrected chi connectivity index (χ1v) is 8.34. The predicted molar refractivity (Wildman–Crippen MR) is 87.6 cm³/mol. The van der Waals surface area contributed by atoms with Crippen LogP contribution in [0.5, 0.6) is 0 Å². The molecule has 1 unspecified atom stereocenters. The summed E-state index contributed by atoms with van der Waals surface area (Å²) in [6.45, 7) is 5.38. The van der Waals surface area contributed by atoms with Gasteiger partial charge in [-0.05, 0) is 37.8 Å². The van der Waals surface area contributed by atoms with E-state index in [2.05, 4.69) is 23.8 Å². The molecule has 2 aromatic rings. The summed E-state index contributed by atoms with van der Waals surface area (Å²) in [6.07, 6.45) is 5.14. The highest BCUT2D eigenvalue weighted by atomic mass is 16.2. The van der Waals surface area contributed by atoms with E-state index in [0.29, 0.717) is 24.5 Å². The molecule has 6 heteroatoms. The third-order valence-electron chi connectivity index (χ3n) is 5.12. The van der Waals surface area contributed by atoms with Crippen LogP contribution in [0.4, 0.5) is 0 Å². The van der Waals surface area contributed by atoms with E-state index in [-0.39, 0.29) is 35.5 Å². The van der Waals surface area contributed by atoms with Crippen molar-refractivity contribution < 1.29 is 9.59 Å². The van der Waals surface area contributed by atoms with Crippen LogP contribution in [0.1, 0.15) is 40.9 Å². The summed E-state index contributed by atoms with van der Waals surface area (Å²) >= 11 is 0. The summed E-state index contributed by atoms with van der Waals surface area (Å²) in [5, 5.41) is 0. The van der Waals surface area contributed by atoms with Gasteiger partial charge in [-0.1, -0.05) is 6.07 Å². The van der Waals surface area contributed by atoms with Crippen LogP contribution in [0, 0.1) is 17.8 Å². The van der Waals surface area contributed by atoms with E-state index in [1.165, 1.54) is 0 Å². The minimum Gasteiger partial charge on any atom is -0.337 e. The minimum absolute atomic E-state index is 0.0252.